The summed E-state index contributed by atoms with van der Waals surface area (Å²) in [6.45, 7) is 0. The first-order valence-electron chi connectivity index (χ1n) is 5.68. The second-order valence-corrected chi connectivity index (χ2v) is 5.07. The first kappa shape index (κ1) is 11.2. The quantitative estimate of drug-likeness (QED) is 0.919. The van der Waals surface area contributed by atoms with Gasteiger partial charge in [0.1, 0.15) is 10.8 Å². The van der Waals surface area contributed by atoms with E-state index in [1.54, 1.807) is 24.4 Å². The molecule has 1 N–H and O–H groups in total. The molecule has 0 atom stereocenters. The molecule has 0 bridgehead atoms. The van der Waals surface area contributed by atoms with E-state index in [-0.39, 0.29) is 11.7 Å². The molecule has 0 amide bonds. The molecule has 0 aliphatic heterocycles. The highest BCUT2D eigenvalue weighted by Gasteiger charge is 2.25. The van der Waals surface area contributed by atoms with Crippen LogP contribution in [0.3, 0.4) is 0 Å². The molecule has 3 rings (SSSR count). The second kappa shape index (κ2) is 4.42. The summed E-state index contributed by atoms with van der Waals surface area (Å²) in [5.74, 6) is -0.325. The van der Waals surface area contributed by atoms with Crippen molar-refractivity contribution in [3.05, 3.63) is 35.3 Å². The summed E-state index contributed by atoms with van der Waals surface area (Å²) in [5.41, 5.74) is 1.10. The van der Waals surface area contributed by atoms with E-state index in [0.29, 0.717) is 5.75 Å². The molecule has 1 aliphatic carbocycles. The fourth-order valence-corrected chi connectivity index (χ4v) is 2.32. The fraction of sp³-hybridized carbons (Fsp3) is 0.231. The predicted molar refractivity (Wildman–Crippen MR) is 68.2 cm³/mol. The summed E-state index contributed by atoms with van der Waals surface area (Å²) in [6.07, 6.45) is 4.03. The molecule has 4 nitrogen and oxygen atoms in total. The van der Waals surface area contributed by atoms with Crippen molar-refractivity contribution in [1.82, 2.24) is 4.98 Å². The van der Waals surface area contributed by atoms with E-state index in [0.717, 1.165) is 23.4 Å². The van der Waals surface area contributed by atoms with Gasteiger partial charge in [-0.3, -0.25) is 0 Å². The number of hydrogen-bond donors (Lipinski definition) is 1. The van der Waals surface area contributed by atoms with E-state index in [1.165, 1.54) is 11.3 Å². The molecule has 0 radical (unpaired) electrons. The number of carboxylic acids is 1. The number of benzene rings is 1. The van der Waals surface area contributed by atoms with E-state index in [1.807, 2.05) is 5.38 Å². The molecule has 0 spiro atoms. The van der Waals surface area contributed by atoms with Crippen LogP contribution in [0.2, 0.25) is 0 Å². The van der Waals surface area contributed by atoms with Crippen LogP contribution < -0.4 is 4.74 Å². The Bertz CT molecular complexity index is 576. The first-order valence-corrected chi connectivity index (χ1v) is 6.56. The van der Waals surface area contributed by atoms with Gasteiger partial charge in [-0.2, -0.15) is 0 Å². The maximum Gasteiger partial charge on any atom is 0.335 e. The monoisotopic (exact) mass is 261 g/mol. The summed E-state index contributed by atoms with van der Waals surface area (Å²) >= 11 is 1.51. The Morgan fingerprint density at radius 3 is 2.89 bits per heavy atom. The number of nitrogens with zero attached hydrogens (tertiary/aromatic N) is 1. The minimum Gasteiger partial charge on any atom is -0.490 e. The van der Waals surface area contributed by atoms with Crippen LogP contribution in [0.1, 0.15) is 23.2 Å². The van der Waals surface area contributed by atoms with E-state index in [9.17, 15) is 4.79 Å². The molecule has 2 aromatic rings. The normalized spacial score (nSPS) is 14.4. The fourth-order valence-electron chi connectivity index (χ4n) is 1.65. The lowest BCUT2D eigenvalue weighted by Crippen LogP contribution is -2.01. The molecule has 1 aromatic heterocycles. The summed E-state index contributed by atoms with van der Waals surface area (Å²) in [7, 11) is 0. The van der Waals surface area contributed by atoms with Gasteiger partial charge in [0.25, 0.3) is 0 Å². The van der Waals surface area contributed by atoms with Gasteiger partial charge in [-0.25, -0.2) is 9.78 Å². The average molecular weight is 261 g/mol. The Balaban J connectivity index is 2.03. The highest BCUT2D eigenvalue weighted by atomic mass is 32.1. The number of aromatic nitrogens is 1. The molecule has 92 valence electrons. The van der Waals surface area contributed by atoms with Crippen molar-refractivity contribution >= 4 is 17.3 Å². The summed E-state index contributed by atoms with van der Waals surface area (Å²) in [5, 5.41) is 11.8. The number of rotatable bonds is 4. The standard InChI is InChI=1S/C13H11NO3S/c15-13(16)8-1-4-10(12-14-5-6-18-12)11(7-8)17-9-2-3-9/h1,4-7,9H,2-3H2,(H,15,16). The summed E-state index contributed by atoms with van der Waals surface area (Å²) in [6, 6.07) is 4.93. The van der Waals surface area contributed by atoms with Crippen LogP contribution in [0.25, 0.3) is 10.6 Å². The zero-order valence-electron chi connectivity index (χ0n) is 9.50. The van der Waals surface area contributed by atoms with Gasteiger partial charge in [0.05, 0.1) is 17.2 Å². The van der Waals surface area contributed by atoms with E-state index >= 15 is 0 Å². The van der Waals surface area contributed by atoms with Gasteiger partial charge in [-0.05, 0) is 31.0 Å². The molecule has 1 saturated carbocycles. The largest absolute Gasteiger partial charge is 0.490 e. The van der Waals surface area contributed by atoms with Gasteiger partial charge in [0, 0.05) is 11.6 Å². The second-order valence-electron chi connectivity index (χ2n) is 4.17. The Hall–Kier alpha value is -1.88. The average Bonchev–Trinajstić information content (AvgIpc) is 3.01. The lowest BCUT2D eigenvalue weighted by Gasteiger charge is -2.10. The molecule has 1 heterocycles. The Kier molecular flexibility index (Phi) is 2.76. The van der Waals surface area contributed by atoms with E-state index in [4.69, 9.17) is 9.84 Å². The first-order chi connectivity index (χ1) is 8.74. The number of aromatic carboxylic acids is 1. The maximum atomic E-state index is 11.0. The van der Waals surface area contributed by atoms with Crippen molar-refractivity contribution in [1.29, 1.82) is 0 Å². The van der Waals surface area contributed by atoms with Crippen molar-refractivity contribution < 1.29 is 14.6 Å². The van der Waals surface area contributed by atoms with Crippen molar-refractivity contribution in [2.45, 2.75) is 18.9 Å². The Labute approximate surface area is 108 Å². The molecule has 1 aromatic carbocycles. The Morgan fingerprint density at radius 1 is 1.44 bits per heavy atom. The van der Waals surface area contributed by atoms with Gasteiger partial charge >= 0.3 is 5.97 Å². The van der Waals surface area contributed by atoms with Crippen molar-refractivity contribution in [2.24, 2.45) is 0 Å². The van der Waals surface area contributed by atoms with Crippen LogP contribution in [0, 0.1) is 0 Å². The van der Waals surface area contributed by atoms with Crippen LogP contribution in [-0.2, 0) is 0 Å². The third-order valence-electron chi connectivity index (χ3n) is 2.71. The zero-order valence-corrected chi connectivity index (χ0v) is 10.3. The predicted octanol–water partition coefficient (Wildman–Crippen LogP) is 3.05. The van der Waals surface area contributed by atoms with Gasteiger partial charge < -0.3 is 9.84 Å². The van der Waals surface area contributed by atoms with Gasteiger partial charge in [-0.1, -0.05) is 0 Å². The van der Waals surface area contributed by atoms with Crippen LogP contribution in [-0.4, -0.2) is 22.2 Å². The van der Waals surface area contributed by atoms with Crippen LogP contribution >= 0.6 is 11.3 Å². The molecule has 1 aliphatic rings. The topological polar surface area (TPSA) is 59.4 Å². The molecule has 1 fully saturated rings. The number of thiazole rings is 1. The van der Waals surface area contributed by atoms with Gasteiger partial charge in [-0.15, -0.1) is 11.3 Å². The lowest BCUT2D eigenvalue weighted by atomic mass is 10.1. The summed E-state index contributed by atoms with van der Waals surface area (Å²) in [4.78, 5) is 15.2. The van der Waals surface area contributed by atoms with Crippen molar-refractivity contribution in [3.63, 3.8) is 0 Å². The van der Waals surface area contributed by atoms with Crippen molar-refractivity contribution in [3.8, 4) is 16.3 Å². The minimum atomic E-state index is -0.943. The highest BCUT2D eigenvalue weighted by molar-refractivity contribution is 7.13. The molecule has 18 heavy (non-hydrogen) atoms. The molecule has 0 saturated heterocycles. The van der Waals surface area contributed by atoms with Gasteiger partial charge in [0.15, 0.2) is 0 Å². The third kappa shape index (κ3) is 2.22. The highest BCUT2D eigenvalue weighted by Crippen LogP contribution is 2.36. The van der Waals surface area contributed by atoms with Crippen LogP contribution in [0.4, 0.5) is 0 Å². The molecular formula is C13H11NO3S. The molecular weight excluding hydrogens is 250 g/mol. The number of carboxylic acid groups (broad SMARTS) is 1. The molecule has 0 unspecified atom stereocenters. The lowest BCUT2D eigenvalue weighted by molar-refractivity contribution is 0.0696. The smallest absolute Gasteiger partial charge is 0.335 e. The molecule has 5 heteroatoms. The van der Waals surface area contributed by atoms with E-state index in [2.05, 4.69) is 4.98 Å². The Morgan fingerprint density at radius 2 is 2.28 bits per heavy atom. The van der Waals surface area contributed by atoms with Crippen molar-refractivity contribution in [2.75, 3.05) is 0 Å². The van der Waals surface area contributed by atoms with Gasteiger partial charge in [0.2, 0.25) is 0 Å². The van der Waals surface area contributed by atoms with Crippen LogP contribution in [0.5, 0.6) is 5.75 Å². The number of ether oxygens (including phenoxy) is 1. The minimum absolute atomic E-state index is 0.229. The number of carbonyl (C=O) groups is 1. The number of hydrogen-bond acceptors (Lipinski definition) is 4. The van der Waals surface area contributed by atoms with E-state index < -0.39 is 5.97 Å². The summed E-state index contributed by atoms with van der Waals surface area (Å²) < 4.78 is 5.77. The maximum absolute atomic E-state index is 11.0. The third-order valence-corrected chi connectivity index (χ3v) is 3.52. The zero-order chi connectivity index (χ0) is 12.5. The van der Waals surface area contributed by atoms with Crippen LogP contribution in [0.15, 0.2) is 29.8 Å². The SMILES string of the molecule is O=C(O)c1ccc(-c2nccs2)c(OC2CC2)c1.